The molecule has 0 aliphatic carbocycles. The third-order valence-electron chi connectivity index (χ3n) is 3.46. The van der Waals surface area contributed by atoms with Crippen molar-refractivity contribution in [3.05, 3.63) is 61.1 Å². The first-order valence-corrected chi connectivity index (χ1v) is 7.09. The minimum absolute atomic E-state index is 0.228. The molecule has 0 unspecified atom stereocenters. The molecular formula is C17H13N5O. The van der Waals surface area contributed by atoms with Gasteiger partial charge in [0.25, 0.3) is 0 Å². The van der Waals surface area contributed by atoms with E-state index in [9.17, 15) is 0 Å². The number of nitrogens with two attached hydrogens (primary N) is 1. The number of aromatic amines is 1. The monoisotopic (exact) mass is 303 g/mol. The van der Waals surface area contributed by atoms with Gasteiger partial charge in [-0.25, -0.2) is 15.0 Å². The first kappa shape index (κ1) is 13.3. The van der Waals surface area contributed by atoms with Gasteiger partial charge in [-0.3, -0.25) is 0 Å². The summed E-state index contributed by atoms with van der Waals surface area (Å²) in [4.78, 5) is 15.7. The summed E-state index contributed by atoms with van der Waals surface area (Å²) in [6.07, 6.45) is 5.18. The number of aromatic nitrogens is 4. The Kier molecular flexibility index (Phi) is 3.12. The SMILES string of the molecule is Nc1nccc(-c2c[nH]c3nccc(Oc4ccccc4)c23)n1. The molecule has 6 heteroatoms. The molecule has 0 fully saturated rings. The van der Waals surface area contributed by atoms with Crippen LogP contribution >= 0.6 is 0 Å². The van der Waals surface area contributed by atoms with Crippen LogP contribution in [-0.4, -0.2) is 19.9 Å². The molecule has 0 aliphatic rings. The van der Waals surface area contributed by atoms with Crippen LogP contribution < -0.4 is 10.5 Å². The molecule has 0 spiro atoms. The normalized spacial score (nSPS) is 10.8. The zero-order chi connectivity index (χ0) is 15.6. The number of para-hydroxylation sites is 1. The highest BCUT2D eigenvalue weighted by Gasteiger charge is 2.14. The van der Waals surface area contributed by atoms with Crippen LogP contribution in [0.5, 0.6) is 11.5 Å². The average molecular weight is 303 g/mol. The highest BCUT2D eigenvalue weighted by atomic mass is 16.5. The predicted molar refractivity (Wildman–Crippen MR) is 88.0 cm³/mol. The standard InChI is InChI=1S/C17H13N5O/c18-17-20-8-6-13(22-17)12-10-21-16-15(12)14(7-9-19-16)23-11-4-2-1-3-5-11/h1-10H,(H,19,21)(H2,18,20,22). The molecule has 3 heterocycles. The molecule has 0 saturated heterocycles. The van der Waals surface area contributed by atoms with Gasteiger partial charge in [0.2, 0.25) is 5.95 Å². The van der Waals surface area contributed by atoms with Gasteiger partial charge in [-0.15, -0.1) is 0 Å². The molecule has 3 aromatic heterocycles. The van der Waals surface area contributed by atoms with Gasteiger partial charge < -0.3 is 15.5 Å². The van der Waals surface area contributed by atoms with Crippen molar-refractivity contribution in [3.8, 4) is 22.8 Å². The Balaban J connectivity index is 1.87. The number of rotatable bonds is 3. The summed E-state index contributed by atoms with van der Waals surface area (Å²) in [6.45, 7) is 0. The second kappa shape index (κ2) is 5.42. The predicted octanol–water partition coefficient (Wildman–Crippen LogP) is 3.39. The van der Waals surface area contributed by atoms with Gasteiger partial charge in [0.05, 0.1) is 11.1 Å². The maximum absolute atomic E-state index is 6.01. The molecule has 3 N–H and O–H groups in total. The molecule has 23 heavy (non-hydrogen) atoms. The first-order chi connectivity index (χ1) is 11.3. The summed E-state index contributed by atoms with van der Waals surface area (Å²) in [7, 11) is 0. The van der Waals surface area contributed by atoms with Crippen molar-refractivity contribution in [3.63, 3.8) is 0 Å². The summed E-state index contributed by atoms with van der Waals surface area (Å²) >= 11 is 0. The fourth-order valence-electron chi connectivity index (χ4n) is 2.45. The number of nitrogens with one attached hydrogen (secondary N) is 1. The van der Waals surface area contributed by atoms with Crippen molar-refractivity contribution in [2.45, 2.75) is 0 Å². The molecule has 0 radical (unpaired) electrons. The maximum Gasteiger partial charge on any atom is 0.220 e. The Hall–Kier alpha value is -3.41. The smallest absolute Gasteiger partial charge is 0.220 e. The largest absolute Gasteiger partial charge is 0.457 e. The van der Waals surface area contributed by atoms with Crippen LogP contribution in [0.3, 0.4) is 0 Å². The van der Waals surface area contributed by atoms with Gasteiger partial charge in [0.15, 0.2) is 0 Å². The lowest BCUT2D eigenvalue weighted by molar-refractivity contribution is 0.488. The molecule has 1 aromatic carbocycles. The summed E-state index contributed by atoms with van der Waals surface area (Å²) in [6, 6.07) is 13.2. The van der Waals surface area contributed by atoms with Gasteiger partial charge in [-0.1, -0.05) is 18.2 Å². The fourth-order valence-corrected chi connectivity index (χ4v) is 2.45. The van der Waals surface area contributed by atoms with Crippen LogP contribution in [0.2, 0.25) is 0 Å². The number of hydrogen-bond acceptors (Lipinski definition) is 5. The van der Waals surface area contributed by atoms with Crippen molar-refractivity contribution in [2.24, 2.45) is 0 Å². The van der Waals surface area contributed by atoms with Crippen molar-refractivity contribution in [1.82, 2.24) is 19.9 Å². The van der Waals surface area contributed by atoms with Crippen LogP contribution in [0.1, 0.15) is 0 Å². The molecule has 0 aliphatic heterocycles. The second-order valence-corrected chi connectivity index (χ2v) is 4.95. The number of ether oxygens (including phenoxy) is 1. The summed E-state index contributed by atoms with van der Waals surface area (Å²) in [5, 5.41) is 0.856. The number of H-pyrrole nitrogens is 1. The summed E-state index contributed by atoms with van der Waals surface area (Å²) < 4.78 is 6.01. The molecule has 6 nitrogen and oxygen atoms in total. The Morgan fingerprint density at radius 1 is 0.957 bits per heavy atom. The number of nitrogen functional groups attached to an aromatic ring is 1. The van der Waals surface area contributed by atoms with Crippen molar-refractivity contribution < 1.29 is 4.74 Å². The van der Waals surface area contributed by atoms with E-state index in [0.29, 0.717) is 5.75 Å². The van der Waals surface area contributed by atoms with Crippen molar-refractivity contribution in [1.29, 1.82) is 0 Å². The number of fused-ring (bicyclic) bond motifs is 1. The van der Waals surface area contributed by atoms with Gasteiger partial charge in [0, 0.05) is 24.2 Å². The number of nitrogens with zero attached hydrogens (tertiary/aromatic N) is 3. The summed E-state index contributed by atoms with van der Waals surface area (Å²) in [5.74, 6) is 1.69. The van der Waals surface area contributed by atoms with Crippen LogP contribution in [0, 0.1) is 0 Å². The minimum Gasteiger partial charge on any atom is -0.457 e. The maximum atomic E-state index is 6.01. The van der Waals surface area contributed by atoms with Crippen molar-refractivity contribution in [2.75, 3.05) is 5.73 Å². The summed E-state index contributed by atoms with van der Waals surface area (Å²) in [5.41, 5.74) is 8.00. The molecule has 0 amide bonds. The number of benzene rings is 1. The third-order valence-corrected chi connectivity index (χ3v) is 3.46. The van der Waals surface area contributed by atoms with Gasteiger partial charge in [-0.2, -0.15) is 0 Å². The third kappa shape index (κ3) is 2.46. The van der Waals surface area contributed by atoms with Crippen LogP contribution in [0.25, 0.3) is 22.3 Å². The van der Waals surface area contributed by atoms with E-state index in [4.69, 9.17) is 10.5 Å². The Morgan fingerprint density at radius 2 is 1.78 bits per heavy atom. The van der Waals surface area contributed by atoms with Gasteiger partial charge in [-0.05, 0) is 24.3 Å². The van der Waals surface area contributed by atoms with E-state index in [1.165, 1.54) is 0 Å². The van der Waals surface area contributed by atoms with E-state index >= 15 is 0 Å². The number of anilines is 1. The lowest BCUT2D eigenvalue weighted by atomic mass is 10.1. The lowest BCUT2D eigenvalue weighted by Gasteiger charge is -2.08. The Morgan fingerprint density at radius 3 is 2.61 bits per heavy atom. The number of pyridine rings is 1. The average Bonchev–Trinajstić information content (AvgIpc) is 3.01. The topological polar surface area (TPSA) is 89.7 Å². The van der Waals surface area contributed by atoms with Crippen LogP contribution in [0.15, 0.2) is 61.1 Å². The highest BCUT2D eigenvalue weighted by Crippen LogP contribution is 2.35. The molecule has 0 bridgehead atoms. The van der Waals surface area contributed by atoms with Crippen LogP contribution in [-0.2, 0) is 0 Å². The number of hydrogen-bond donors (Lipinski definition) is 2. The zero-order valence-corrected chi connectivity index (χ0v) is 12.1. The lowest BCUT2D eigenvalue weighted by Crippen LogP contribution is -1.95. The van der Waals surface area contributed by atoms with E-state index in [1.54, 1.807) is 18.5 Å². The Bertz CT molecular complexity index is 965. The highest BCUT2D eigenvalue weighted by molar-refractivity contribution is 5.97. The molecule has 0 saturated carbocycles. The van der Waals surface area contributed by atoms with Crippen LogP contribution in [0.4, 0.5) is 5.95 Å². The van der Waals surface area contributed by atoms with E-state index in [1.807, 2.05) is 42.6 Å². The van der Waals surface area contributed by atoms with Gasteiger partial charge >= 0.3 is 0 Å². The molecule has 0 atom stereocenters. The van der Waals surface area contributed by atoms with E-state index < -0.39 is 0 Å². The molecule has 4 rings (SSSR count). The second-order valence-electron chi connectivity index (χ2n) is 4.95. The zero-order valence-electron chi connectivity index (χ0n) is 12.1. The Labute approximate surface area is 132 Å². The van der Waals surface area contributed by atoms with E-state index in [2.05, 4.69) is 19.9 Å². The minimum atomic E-state index is 0.228. The molecular weight excluding hydrogens is 290 g/mol. The first-order valence-electron chi connectivity index (χ1n) is 7.09. The quantitative estimate of drug-likeness (QED) is 0.605. The molecule has 4 aromatic rings. The molecule has 112 valence electrons. The van der Waals surface area contributed by atoms with Gasteiger partial charge in [0.1, 0.15) is 17.1 Å². The van der Waals surface area contributed by atoms with E-state index in [-0.39, 0.29) is 5.95 Å². The van der Waals surface area contributed by atoms with E-state index in [0.717, 1.165) is 28.0 Å². The van der Waals surface area contributed by atoms with Crippen molar-refractivity contribution >= 4 is 17.0 Å². The fraction of sp³-hybridized carbons (Fsp3) is 0.